The molecule has 0 aromatic carbocycles. The number of nitrogens with zero attached hydrogens (tertiary/aromatic N) is 2. The van der Waals surface area contributed by atoms with Crippen molar-refractivity contribution in [1.29, 1.82) is 0 Å². The van der Waals surface area contributed by atoms with Gasteiger partial charge in [-0.25, -0.2) is 4.79 Å². The van der Waals surface area contributed by atoms with E-state index in [0.29, 0.717) is 45.1 Å². The van der Waals surface area contributed by atoms with Crippen LogP contribution in [0.4, 0.5) is 4.79 Å². The van der Waals surface area contributed by atoms with Crippen molar-refractivity contribution in [2.45, 2.75) is 45.6 Å². The molecule has 2 N–H and O–H groups in total. The van der Waals surface area contributed by atoms with Gasteiger partial charge in [0.15, 0.2) is 0 Å². The van der Waals surface area contributed by atoms with Crippen LogP contribution in [0.3, 0.4) is 0 Å². The van der Waals surface area contributed by atoms with E-state index in [1.165, 1.54) is 0 Å². The number of hydrogen-bond acceptors (Lipinski definition) is 4. The van der Waals surface area contributed by atoms with Crippen molar-refractivity contribution in [3.63, 3.8) is 0 Å². The number of rotatable bonds is 6. The molecule has 8 nitrogen and oxygen atoms in total. The molecule has 26 heavy (non-hydrogen) atoms. The highest BCUT2D eigenvalue weighted by molar-refractivity contribution is 5.78. The molecule has 0 aromatic rings. The molecule has 0 saturated carbocycles. The normalized spacial score (nSPS) is 23.8. The van der Waals surface area contributed by atoms with Gasteiger partial charge in [-0.05, 0) is 24.7 Å². The van der Waals surface area contributed by atoms with Crippen LogP contribution >= 0.6 is 0 Å². The average molecular weight is 369 g/mol. The third kappa shape index (κ3) is 6.16. The highest BCUT2D eigenvalue weighted by Crippen LogP contribution is 2.22. The Balaban J connectivity index is 1.87. The Kier molecular flexibility index (Phi) is 7.68. The third-order valence-electron chi connectivity index (χ3n) is 4.89. The summed E-state index contributed by atoms with van der Waals surface area (Å²) in [5, 5.41) is 12.0. The number of hydrogen-bond donors (Lipinski definition) is 2. The summed E-state index contributed by atoms with van der Waals surface area (Å²) >= 11 is 0. The summed E-state index contributed by atoms with van der Waals surface area (Å²) in [6.45, 7) is 7.17. The highest BCUT2D eigenvalue weighted by atomic mass is 16.5. The first-order valence-corrected chi connectivity index (χ1v) is 9.48. The molecule has 2 aliphatic rings. The van der Waals surface area contributed by atoms with E-state index in [4.69, 9.17) is 9.84 Å². The fourth-order valence-electron chi connectivity index (χ4n) is 3.54. The van der Waals surface area contributed by atoms with Crippen LogP contribution in [0.5, 0.6) is 0 Å². The van der Waals surface area contributed by atoms with Gasteiger partial charge in [-0.1, -0.05) is 13.8 Å². The molecule has 0 aliphatic carbocycles. The molecular weight excluding hydrogens is 338 g/mol. The van der Waals surface area contributed by atoms with Crippen LogP contribution in [0.2, 0.25) is 0 Å². The van der Waals surface area contributed by atoms with E-state index < -0.39 is 12.0 Å². The Morgan fingerprint density at radius 2 is 2.00 bits per heavy atom. The highest BCUT2D eigenvalue weighted by Gasteiger charge is 2.32. The molecule has 2 atom stereocenters. The van der Waals surface area contributed by atoms with Crippen molar-refractivity contribution >= 4 is 17.9 Å². The fraction of sp³-hybridized carbons (Fsp3) is 0.833. The number of aliphatic carboxylic acids is 1. The minimum atomic E-state index is -0.927. The molecule has 2 saturated heterocycles. The van der Waals surface area contributed by atoms with E-state index in [2.05, 4.69) is 5.32 Å². The van der Waals surface area contributed by atoms with Gasteiger partial charge < -0.3 is 25.0 Å². The molecule has 0 spiro atoms. The Morgan fingerprint density at radius 3 is 2.69 bits per heavy atom. The molecule has 2 heterocycles. The lowest BCUT2D eigenvalue weighted by atomic mass is 9.94. The molecule has 2 unspecified atom stereocenters. The monoisotopic (exact) mass is 369 g/mol. The van der Waals surface area contributed by atoms with Crippen LogP contribution in [0.15, 0.2) is 0 Å². The number of likely N-dealkylation sites (tertiary alicyclic amines) is 1. The first-order chi connectivity index (χ1) is 12.4. The van der Waals surface area contributed by atoms with E-state index >= 15 is 0 Å². The maximum Gasteiger partial charge on any atom is 0.317 e. The molecule has 0 radical (unpaired) electrons. The summed E-state index contributed by atoms with van der Waals surface area (Å²) < 4.78 is 5.33. The van der Waals surface area contributed by atoms with Crippen molar-refractivity contribution in [3.8, 4) is 0 Å². The van der Waals surface area contributed by atoms with Gasteiger partial charge in [0.2, 0.25) is 5.91 Å². The minimum absolute atomic E-state index is 0.0333. The van der Waals surface area contributed by atoms with E-state index in [0.717, 1.165) is 12.8 Å². The number of amides is 3. The van der Waals surface area contributed by atoms with Crippen molar-refractivity contribution in [2.75, 3.05) is 39.4 Å². The largest absolute Gasteiger partial charge is 0.481 e. The predicted octanol–water partition coefficient (Wildman–Crippen LogP) is 1.16. The molecule has 2 aliphatic heterocycles. The van der Waals surface area contributed by atoms with Crippen molar-refractivity contribution in [3.05, 3.63) is 0 Å². The topological polar surface area (TPSA) is 99.2 Å². The van der Waals surface area contributed by atoms with Gasteiger partial charge in [0.1, 0.15) is 0 Å². The standard InChI is InChI=1S/C18H31N3O5/c1-13(2)10-19-18(25)20-5-3-4-14(11-20)8-16(22)21-6-7-26-12-15(21)9-17(23)24/h13-15H,3-12H2,1-2H3,(H,19,25)(H,23,24). The van der Waals surface area contributed by atoms with Gasteiger partial charge in [-0.15, -0.1) is 0 Å². The molecule has 0 bridgehead atoms. The zero-order chi connectivity index (χ0) is 19.1. The molecule has 3 amide bonds. The number of carbonyl (C=O) groups is 3. The van der Waals surface area contributed by atoms with Crippen LogP contribution in [-0.2, 0) is 14.3 Å². The van der Waals surface area contributed by atoms with Crippen LogP contribution in [-0.4, -0.2) is 78.2 Å². The molecule has 2 rings (SSSR count). The van der Waals surface area contributed by atoms with E-state index in [9.17, 15) is 14.4 Å². The number of carboxylic acids is 1. The Morgan fingerprint density at radius 1 is 1.23 bits per heavy atom. The minimum Gasteiger partial charge on any atom is -0.481 e. The lowest BCUT2D eigenvalue weighted by Gasteiger charge is -2.37. The van der Waals surface area contributed by atoms with Crippen LogP contribution < -0.4 is 5.32 Å². The number of ether oxygens (including phenoxy) is 1. The van der Waals surface area contributed by atoms with Crippen LogP contribution in [0, 0.1) is 11.8 Å². The van der Waals surface area contributed by atoms with E-state index in [1.807, 2.05) is 13.8 Å². The van der Waals surface area contributed by atoms with Crippen molar-refractivity contribution in [1.82, 2.24) is 15.1 Å². The first-order valence-electron chi connectivity index (χ1n) is 9.48. The maximum atomic E-state index is 12.7. The summed E-state index contributed by atoms with van der Waals surface area (Å²) in [6, 6.07) is -0.464. The summed E-state index contributed by atoms with van der Waals surface area (Å²) in [5.74, 6) is -0.444. The smallest absolute Gasteiger partial charge is 0.317 e. The van der Waals surface area contributed by atoms with E-state index in [1.54, 1.807) is 9.80 Å². The van der Waals surface area contributed by atoms with Gasteiger partial charge >= 0.3 is 12.0 Å². The number of carbonyl (C=O) groups excluding carboxylic acids is 2. The number of carboxylic acid groups (broad SMARTS) is 1. The van der Waals surface area contributed by atoms with Crippen molar-refractivity contribution < 1.29 is 24.2 Å². The fourth-order valence-corrected chi connectivity index (χ4v) is 3.54. The summed E-state index contributed by atoms with van der Waals surface area (Å²) in [4.78, 5) is 39.4. The Bertz CT molecular complexity index is 511. The van der Waals surface area contributed by atoms with Gasteiger partial charge in [-0.2, -0.15) is 0 Å². The zero-order valence-electron chi connectivity index (χ0n) is 15.8. The maximum absolute atomic E-state index is 12.7. The number of piperidine rings is 1. The van der Waals surface area contributed by atoms with E-state index in [-0.39, 0.29) is 30.9 Å². The molecule has 2 fully saturated rings. The van der Waals surface area contributed by atoms with Gasteiger partial charge in [0.25, 0.3) is 0 Å². The summed E-state index contributed by atoms with van der Waals surface area (Å²) in [6.07, 6.45) is 2.05. The third-order valence-corrected chi connectivity index (χ3v) is 4.89. The number of nitrogens with one attached hydrogen (secondary N) is 1. The van der Waals surface area contributed by atoms with Crippen LogP contribution in [0.1, 0.15) is 39.5 Å². The summed E-state index contributed by atoms with van der Waals surface area (Å²) in [7, 11) is 0. The molecule has 8 heteroatoms. The number of urea groups is 1. The quantitative estimate of drug-likeness (QED) is 0.732. The summed E-state index contributed by atoms with van der Waals surface area (Å²) in [5.41, 5.74) is 0. The van der Waals surface area contributed by atoms with Gasteiger partial charge in [-0.3, -0.25) is 9.59 Å². The molecule has 148 valence electrons. The Hall–Kier alpha value is -1.83. The second kappa shape index (κ2) is 9.75. The van der Waals surface area contributed by atoms with Crippen LogP contribution in [0.25, 0.3) is 0 Å². The second-order valence-corrected chi connectivity index (χ2v) is 7.65. The first kappa shape index (κ1) is 20.5. The van der Waals surface area contributed by atoms with Crippen molar-refractivity contribution in [2.24, 2.45) is 11.8 Å². The molecular formula is C18H31N3O5. The molecule has 0 aromatic heterocycles. The lowest BCUT2D eigenvalue weighted by Crippen LogP contribution is -2.51. The second-order valence-electron chi connectivity index (χ2n) is 7.65. The average Bonchev–Trinajstić information content (AvgIpc) is 2.59. The predicted molar refractivity (Wildman–Crippen MR) is 95.7 cm³/mol. The number of morpholine rings is 1. The zero-order valence-corrected chi connectivity index (χ0v) is 15.8. The lowest BCUT2D eigenvalue weighted by molar-refractivity contribution is -0.147. The SMILES string of the molecule is CC(C)CNC(=O)N1CCCC(CC(=O)N2CCOCC2CC(=O)O)C1. The van der Waals surface area contributed by atoms with Gasteiger partial charge in [0.05, 0.1) is 25.7 Å². The Labute approximate surface area is 154 Å². The van der Waals surface area contributed by atoms with Gasteiger partial charge in [0, 0.05) is 32.6 Å².